The Kier molecular flexibility index (Phi) is 14.9. The van der Waals surface area contributed by atoms with Crippen LogP contribution in [0.15, 0.2) is 29.5 Å². The Morgan fingerprint density at radius 1 is 0.773 bits per heavy atom. The van der Waals surface area contributed by atoms with Crippen LogP contribution in [0.2, 0.25) is 0 Å². The maximum absolute atomic E-state index is 4.66. The van der Waals surface area contributed by atoms with Gasteiger partial charge < -0.3 is 4.57 Å². The first-order valence-corrected chi connectivity index (χ1v) is 9.03. The van der Waals surface area contributed by atoms with E-state index in [4.69, 9.17) is 0 Å². The molecule has 0 aliphatic heterocycles. The smallest absolute Gasteiger partial charge is 0.0603 e. The maximum atomic E-state index is 4.66. The number of hydrogen-bond acceptors (Lipinski definition) is 1. The molecule has 0 saturated carbocycles. The van der Waals surface area contributed by atoms with Crippen LogP contribution in [0.1, 0.15) is 78.1 Å². The van der Waals surface area contributed by atoms with Gasteiger partial charge in [0.2, 0.25) is 0 Å². The molecule has 0 bridgehead atoms. The number of nitrogens with zero attached hydrogens (tertiary/aromatic N) is 2. The highest BCUT2D eigenvalue weighted by Gasteiger charge is 1.91. The fraction of sp³-hybridized carbons (Fsp3) is 0.737. The second-order valence-corrected chi connectivity index (χ2v) is 6.00. The lowest BCUT2D eigenvalue weighted by Gasteiger charge is -2.05. The average Bonchev–Trinajstić information content (AvgIpc) is 2.52. The molecule has 22 heavy (non-hydrogen) atoms. The summed E-state index contributed by atoms with van der Waals surface area (Å²) in [4.78, 5) is 4.66. The molecule has 1 aromatic rings. The normalized spacial score (nSPS) is 10.3. The van der Waals surface area contributed by atoms with Crippen molar-refractivity contribution in [1.29, 1.82) is 0 Å². The summed E-state index contributed by atoms with van der Waals surface area (Å²) in [7, 11) is 0. The zero-order valence-electron chi connectivity index (χ0n) is 14.6. The number of hydrogen-bond donors (Lipinski definition) is 0. The molecular weight excluding hydrogens is 336 g/mol. The Morgan fingerprint density at radius 3 is 1.95 bits per heavy atom. The van der Waals surface area contributed by atoms with E-state index in [9.17, 15) is 0 Å². The predicted molar refractivity (Wildman–Crippen MR) is 103 cm³/mol. The van der Waals surface area contributed by atoms with E-state index in [0.29, 0.717) is 0 Å². The van der Waals surface area contributed by atoms with Gasteiger partial charge in [0.15, 0.2) is 0 Å². The van der Waals surface area contributed by atoms with Gasteiger partial charge in [-0.1, -0.05) is 65.2 Å². The van der Waals surface area contributed by atoms with Crippen LogP contribution in [0.5, 0.6) is 0 Å². The van der Waals surface area contributed by atoms with E-state index in [-0.39, 0.29) is 17.0 Å². The minimum absolute atomic E-state index is 0. The van der Waals surface area contributed by atoms with Crippen LogP contribution >= 0.6 is 17.0 Å². The topological polar surface area (TPSA) is 17.3 Å². The Hall–Kier alpha value is -0.570. The zero-order chi connectivity index (χ0) is 15.2. The van der Waals surface area contributed by atoms with E-state index in [1.165, 1.54) is 64.2 Å². The Morgan fingerprint density at radius 2 is 1.32 bits per heavy atom. The van der Waals surface area contributed by atoms with Crippen molar-refractivity contribution in [2.45, 2.75) is 84.6 Å². The van der Waals surface area contributed by atoms with E-state index in [1.807, 2.05) is 0 Å². The summed E-state index contributed by atoms with van der Waals surface area (Å²) < 4.78 is 2.28. The minimum Gasteiger partial charge on any atom is -0.354 e. The van der Waals surface area contributed by atoms with Crippen molar-refractivity contribution in [2.75, 3.05) is 6.54 Å². The highest BCUT2D eigenvalue weighted by Crippen LogP contribution is 2.04. The molecule has 0 aliphatic rings. The largest absolute Gasteiger partial charge is 0.354 e. The molecule has 0 amide bonds. The molecule has 0 spiro atoms. The minimum atomic E-state index is 0. The second-order valence-electron chi connectivity index (χ2n) is 6.00. The van der Waals surface area contributed by atoms with Gasteiger partial charge in [0.25, 0.3) is 0 Å². The van der Waals surface area contributed by atoms with Crippen molar-refractivity contribution in [2.24, 2.45) is 4.99 Å². The molecule has 128 valence electrons. The average molecular weight is 371 g/mol. The number of aryl methyl sites for hydroxylation is 1. The molecule has 1 heterocycles. The van der Waals surface area contributed by atoms with E-state index < -0.39 is 0 Å². The quantitative estimate of drug-likeness (QED) is 0.407. The number of halogens is 1. The maximum Gasteiger partial charge on any atom is 0.0603 e. The first-order chi connectivity index (χ1) is 10.4. The van der Waals surface area contributed by atoms with E-state index >= 15 is 0 Å². The number of aromatic nitrogens is 1. The van der Waals surface area contributed by atoms with Crippen LogP contribution in [0.25, 0.3) is 0 Å². The van der Waals surface area contributed by atoms with Crippen LogP contribution in [-0.4, -0.2) is 11.1 Å². The van der Waals surface area contributed by atoms with Crippen LogP contribution in [0.4, 0.5) is 0 Å². The Bertz CT molecular complexity index is 392. The summed E-state index contributed by atoms with van der Waals surface area (Å²) in [6.07, 6.45) is 17.7. The molecule has 0 aromatic carbocycles. The summed E-state index contributed by atoms with van der Waals surface area (Å²) in [5.41, 5.74) is 0. The SMILES string of the molecule is Br.CCCCCCCCN=c1ccn(CCCCCC)cc1. The fourth-order valence-corrected chi connectivity index (χ4v) is 2.53. The molecule has 2 nitrogen and oxygen atoms in total. The van der Waals surface area contributed by atoms with Gasteiger partial charge in [-0.05, 0) is 25.0 Å². The summed E-state index contributed by atoms with van der Waals surface area (Å²) >= 11 is 0. The van der Waals surface area contributed by atoms with Gasteiger partial charge in [0.05, 0.1) is 5.36 Å². The standard InChI is InChI=1S/C19H34N2.BrH/c1-3-5-7-9-10-11-15-20-19-13-17-21(18-14-19)16-12-8-6-4-2;/h13-14,17-18H,3-12,15-16H2,1-2H3;1H. The lowest BCUT2D eigenvalue weighted by molar-refractivity contribution is 0.579. The third kappa shape index (κ3) is 11.1. The van der Waals surface area contributed by atoms with Gasteiger partial charge >= 0.3 is 0 Å². The first kappa shape index (κ1) is 21.4. The van der Waals surface area contributed by atoms with Crippen molar-refractivity contribution < 1.29 is 0 Å². The number of rotatable bonds is 12. The van der Waals surface area contributed by atoms with Gasteiger partial charge in [-0.15, -0.1) is 17.0 Å². The molecule has 1 rings (SSSR count). The molecule has 0 radical (unpaired) electrons. The van der Waals surface area contributed by atoms with Crippen LogP contribution in [0.3, 0.4) is 0 Å². The molecule has 0 fully saturated rings. The second kappa shape index (κ2) is 15.3. The Labute approximate surface area is 147 Å². The first-order valence-electron chi connectivity index (χ1n) is 9.03. The molecule has 0 aliphatic carbocycles. The number of pyridine rings is 1. The molecule has 0 atom stereocenters. The molecule has 0 N–H and O–H groups in total. The molecular formula is C19H35BrN2. The van der Waals surface area contributed by atoms with Gasteiger partial charge in [0, 0.05) is 25.5 Å². The summed E-state index contributed by atoms with van der Waals surface area (Å²) in [6, 6.07) is 4.30. The van der Waals surface area contributed by atoms with Crippen LogP contribution < -0.4 is 5.36 Å². The monoisotopic (exact) mass is 370 g/mol. The van der Waals surface area contributed by atoms with E-state index in [1.54, 1.807) is 0 Å². The lowest BCUT2D eigenvalue weighted by Crippen LogP contribution is -2.06. The van der Waals surface area contributed by atoms with Gasteiger partial charge in [-0.2, -0.15) is 0 Å². The van der Waals surface area contributed by atoms with Crippen molar-refractivity contribution in [3.63, 3.8) is 0 Å². The predicted octanol–water partition coefficient (Wildman–Crippen LogP) is 5.91. The van der Waals surface area contributed by atoms with Crippen molar-refractivity contribution in [3.05, 3.63) is 29.9 Å². The molecule has 3 heteroatoms. The van der Waals surface area contributed by atoms with Crippen LogP contribution in [0, 0.1) is 0 Å². The zero-order valence-corrected chi connectivity index (χ0v) is 16.3. The van der Waals surface area contributed by atoms with E-state index in [0.717, 1.165) is 18.4 Å². The summed E-state index contributed by atoms with van der Waals surface area (Å²) in [5, 5.41) is 1.13. The third-order valence-corrected chi connectivity index (χ3v) is 3.95. The molecule has 0 saturated heterocycles. The van der Waals surface area contributed by atoms with Gasteiger partial charge in [-0.3, -0.25) is 4.99 Å². The molecule has 1 aromatic heterocycles. The molecule has 0 unspecified atom stereocenters. The van der Waals surface area contributed by atoms with Gasteiger partial charge in [0.1, 0.15) is 0 Å². The van der Waals surface area contributed by atoms with Gasteiger partial charge in [-0.25, -0.2) is 0 Å². The third-order valence-electron chi connectivity index (χ3n) is 3.95. The fourth-order valence-electron chi connectivity index (χ4n) is 2.53. The summed E-state index contributed by atoms with van der Waals surface area (Å²) in [5.74, 6) is 0. The van der Waals surface area contributed by atoms with Crippen LogP contribution in [-0.2, 0) is 6.54 Å². The summed E-state index contributed by atoms with van der Waals surface area (Å²) in [6.45, 7) is 6.64. The van der Waals surface area contributed by atoms with Crippen molar-refractivity contribution in [3.8, 4) is 0 Å². The highest BCUT2D eigenvalue weighted by molar-refractivity contribution is 8.93. The Balaban J connectivity index is 0.00000441. The van der Waals surface area contributed by atoms with E-state index in [2.05, 4.69) is 47.9 Å². The lowest BCUT2D eigenvalue weighted by atomic mass is 10.1. The van der Waals surface area contributed by atoms with Crippen molar-refractivity contribution in [1.82, 2.24) is 4.57 Å². The number of unbranched alkanes of at least 4 members (excludes halogenated alkanes) is 8. The van der Waals surface area contributed by atoms with Crippen molar-refractivity contribution >= 4 is 17.0 Å². The highest BCUT2D eigenvalue weighted by atomic mass is 79.9.